The Balaban J connectivity index is 2.26. The molecule has 0 aliphatic rings. The molecule has 7 heteroatoms. The van der Waals surface area contributed by atoms with Crippen LogP contribution < -0.4 is 11.1 Å². The second-order valence-electron chi connectivity index (χ2n) is 4.26. The summed E-state index contributed by atoms with van der Waals surface area (Å²) < 4.78 is 13.6. The van der Waals surface area contributed by atoms with E-state index in [0.717, 1.165) is 18.1 Å². The highest BCUT2D eigenvalue weighted by Gasteiger charge is 2.14. The number of rotatable bonds is 4. The van der Waals surface area contributed by atoms with Crippen molar-refractivity contribution in [3.05, 3.63) is 51.5 Å². The number of benzene rings is 1. The van der Waals surface area contributed by atoms with E-state index in [2.05, 4.69) is 10.5 Å². The Hall–Kier alpha value is -2.41. The van der Waals surface area contributed by atoms with Crippen molar-refractivity contribution in [2.75, 3.05) is 5.32 Å². The van der Waals surface area contributed by atoms with Crippen molar-refractivity contribution in [3.63, 3.8) is 0 Å². The first-order valence-corrected chi connectivity index (χ1v) is 7.10. The predicted octanol–water partition coefficient (Wildman–Crippen LogP) is 2.80. The maximum atomic E-state index is 13.6. The first-order valence-electron chi connectivity index (χ1n) is 6.22. The van der Waals surface area contributed by atoms with Crippen LogP contribution in [0, 0.1) is 5.82 Å². The average Bonchev–Trinajstić information content (AvgIpc) is 2.97. The highest BCUT2D eigenvalue weighted by molar-refractivity contribution is 7.12. The third-order valence-electron chi connectivity index (χ3n) is 2.94. The number of nitrogens with one attached hydrogen (secondary N) is 1. The van der Waals surface area contributed by atoms with E-state index >= 15 is 0 Å². The van der Waals surface area contributed by atoms with Crippen LogP contribution in [0.4, 0.5) is 10.1 Å². The van der Waals surface area contributed by atoms with Crippen LogP contribution >= 0.6 is 11.3 Å². The van der Waals surface area contributed by atoms with Crippen LogP contribution in [0.3, 0.4) is 0 Å². The Kier molecular flexibility index (Phi) is 4.54. The number of aryl methyl sites for hydroxylation is 1. The molecule has 110 valence electrons. The first-order chi connectivity index (χ1) is 10.1. The van der Waals surface area contributed by atoms with Gasteiger partial charge in [-0.3, -0.25) is 4.79 Å². The molecule has 21 heavy (non-hydrogen) atoms. The van der Waals surface area contributed by atoms with Crippen molar-refractivity contribution in [2.24, 2.45) is 10.9 Å². The number of nitrogens with zero attached hydrogens (tertiary/aromatic N) is 1. The summed E-state index contributed by atoms with van der Waals surface area (Å²) in [7, 11) is 0. The van der Waals surface area contributed by atoms with E-state index in [4.69, 9.17) is 10.9 Å². The third-order valence-corrected chi connectivity index (χ3v) is 3.90. The summed E-state index contributed by atoms with van der Waals surface area (Å²) in [5.74, 6) is -1.25. The lowest BCUT2D eigenvalue weighted by Crippen LogP contribution is -2.17. The minimum atomic E-state index is -0.631. The number of carbonyl (C=O) groups is 1. The SMILES string of the molecule is CCc1ccsc1C(=O)Nc1ccc(F)c(/C(N)=N/O)c1. The largest absolute Gasteiger partial charge is 0.409 e. The van der Waals surface area contributed by atoms with E-state index in [9.17, 15) is 9.18 Å². The fourth-order valence-electron chi connectivity index (χ4n) is 1.85. The summed E-state index contributed by atoms with van der Waals surface area (Å²) in [6, 6.07) is 5.78. The smallest absolute Gasteiger partial charge is 0.266 e. The molecular formula is C14H14FN3O2S. The molecule has 0 atom stereocenters. The fourth-order valence-corrected chi connectivity index (χ4v) is 2.74. The fraction of sp³-hybridized carbons (Fsp3) is 0.143. The molecule has 2 rings (SSSR count). The number of carbonyl (C=O) groups excluding carboxylic acids is 1. The van der Waals surface area contributed by atoms with Crippen LogP contribution in [0.1, 0.15) is 27.7 Å². The molecule has 5 nitrogen and oxygen atoms in total. The van der Waals surface area contributed by atoms with Crippen LogP contribution in [0.15, 0.2) is 34.8 Å². The Morgan fingerprint density at radius 1 is 1.48 bits per heavy atom. The molecule has 0 saturated carbocycles. The molecule has 0 fully saturated rings. The average molecular weight is 307 g/mol. The van der Waals surface area contributed by atoms with Gasteiger partial charge in [-0.2, -0.15) is 0 Å². The summed E-state index contributed by atoms with van der Waals surface area (Å²) in [5.41, 5.74) is 6.64. The number of thiophene rings is 1. The predicted molar refractivity (Wildman–Crippen MR) is 80.6 cm³/mol. The van der Waals surface area contributed by atoms with Gasteiger partial charge < -0.3 is 16.3 Å². The summed E-state index contributed by atoms with van der Waals surface area (Å²) in [4.78, 5) is 12.8. The number of nitrogens with two attached hydrogens (primary N) is 1. The number of amidine groups is 1. The lowest BCUT2D eigenvalue weighted by molar-refractivity contribution is 0.103. The first kappa shape index (κ1) is 15.0. The number of halogens is 1. The van der Waals surface area contributed by atoms with Crippen molar-refractivity contribution >= 4 is 28.8 Å². The van der Waals surface area contributed by atoms with Gasteiger partial charge in [0.15, 0.2) is 5.84 Å². The Bertz CT molecular complexity index is 697. The van der Waals surface area contributed by atoms with E-state index < -0.39 is 5.82 Å². The Morgan fingerprint density at radius 3 is 2.90 bits per heavy atom. The van der Waals surface area contributed by atoms with Crippen LogP contribution in [0.2, 0.25) is 0 Å². The molecule has 0 bridgehead atoms. The van der Waals surface area contributed by atoms with E-state index in [-0.39, 0.29) is 17.3 Å². The highest BCUT2D eigenvalue weighted by atomic mass is 32.1. The Morgan fingerprint density at radius 2 is 2.24 bits per heavy atom. The molecule has 0 unspecified atom stereocenters. The van der Waals surface area contributed by atoms with Gasteiger partial charge in [0.2, 0.25) is 0 Å². The van der Waals surface area contributed by atoms with E-state index in [0.29, 0.717) is 10.6 Å². The number of anilines is 1. The molecule has 4 N–H and O–H groups in total. The van der Waals surface area contributed by atoms with Gasteiger partial charge >= 0.3 is 0 Å². The second kappa shape index (κ2) is 6.36. The number of oxime groups is 1. The number of hydrogen-bond acceptors (Lipinski definition) is 4. The quantitative estimate of drug-likeness (QED) is 0.351. The van der Waals surface area contributed by atoms with E-state index in [1.165, 1.54) is 23.5 Å². The number of amides is 1. The monoisotopic (exact) mass is 307 g/mol. The minimum Gasteiger partial charge on any atom is -0.409 e. The van der Waals surface area contributed by atoms with Crippen molar-refractivity contribution < 1.29 is 14.4 Å². The van der Waals surface area contributed by atoms with Crippen LogP contribution in [-0.2, 0) is 6.42 Å². The lowest BCUT2D eigenvalue weighted by atomic mass is 10.1. The topological polar surface area (TPSA) is 87.7 Å². The standard InChI is InChI=1S/C14H14FN3O2S/c1-2-8-5-6-21-12(8)14(19)17-9-3-4-11(15)10(7-9)13(16)18-20/h3-7,20H,2H2,1H3,(H2,16,18)(H,17,19). The molecule has 0 radical (unpaired) electrons. The second-order valence-corrected chi connectivity index (χ2v) is 5.18. The summed E-state index contributed by atoms with van der Waals surface area (Å²) in [5, 5.41) is 15.9. The summed E-state index contributed by atoms with van der Waals surface area (Å²) in [6.45, 7) is 1.97. The van der Waals surface area contributed by atoms with Crippen LogP contribution in [0.25, 0.3) is 0 Å². The number of hydrogen-bond donors (Lipinski definition) is 3. The molecule has 1 amide bonds. The summed E-state index contributed by atoms with van der Waals surface area (Å²) >= 11 is 1.35. The molecule has 1 aromatic carbocycles. The van der Waals surface area contributed by atoms with E-state index in [1.54, 1.807) is 0 Å². The van der Waals surface area contributed by atoms with Crippen LogP contribution in [0.5, 0.6) is 0 Å². The molecule has 0 aliphatic carbocycles. The molecule has 0 spiro atoms. The van der Waals surface area contributed by atoms with Crippen molar-refractivity contribution in [1.29, 1.82) is 0 Å². The van der Waals surface area contributed by atoms with Gasteiger partial charge in [-0.05, 0) is 41.6 Å². The van der Waals surface area contributed by atoms with Gasteiger partial charge in [-0.25, -0.2) is 4.39 Å². The van der Waals surface area contributed by atoms with Gasteiger partial charge in [0, 0.05) is 5.69 Å². The molecular weight excluding hydrogens is 293 g/mol. The molecule has 0 saturated heterocycles. The van der Waals surface area contributed by atoms with Crippen LogP contribution in [-0.4, -0.2) is 17.0 Å². The van der Waals surface area contributed by atoms with Crippen molar-refractivity contribution in [3.8, 4) is 0 Å². The zero-order chi connectivity index (χ0) is 15.4. The molecule has 1 aromatic heterocycles. The lowest BCUT2D eigenvalue weighted by Gasteiger charge is -2.08. The highest BCUT2D eigenvalue weighted by Crippen LogP contribution is 2.20. The zero-order valence-corrected chi connectivity index (χ0v) is 12.1. The maximum Gasteiger partial charge on any atom is 0.266 e. The van der Waals surface area contributed by atoms with Gasteiger partial charge in [0.1, 0.15) is 5.82 Å². The molecule has 1 heterocycles. The summed E-state index contributed by atoms with van der Waals surface area (Å²) in [6.07, 6.45) is 0.755. The van der Waals surface area contributed by atoms with Gasteiger partial charge in [0.25, 0.3) is 5.91 Å². The van der Waals surface area contributed by atoms with E-state index in [1.807, 2.05) is 18.4 Å². The van der Waals surface area contributed by atoms with Crippen molar-refractivity contribution in [1.82, 2.24) is 0 Å². The molecule has 0 aliphatic heterocycles. The van der Waals surface area contributed by atoms with Crippen molar-refractivity contribution in [2.45, 2.75) is 13.3 Å². The normalized spacial score (nSPS) is 11.4. The van der Waals surface area contributed by atoms with Gasteiger partial charge in [-0.1, -0.05) is 12.1 Å². The maximum absolute atomic E-state index is 13.6. The minimum absolute atomic E-state index is 0.0720. The molecule has 2 aromatic rings. The van der Waals surface area contributed by atoms with Gasteiger partial charge in [-0.15, -0.1) is 11.3 Å². The third kappa shape index (κ3) is 3.19. The zero-order valence-electron chi connectivity index (χ0n) is 11.3. The Labute approximate surface area is 124 Å². The van der Waals surface area contributed by atoms with Gasteiger partial charge in [0.05, 0.1) is 10.4 Å².